The maximum Gasteiger partial charge on any atom is 0.254 e. The Bertz CT molecular complexity index is 605. The van der Waals surface area contributed by atoms with Crippen LogP contribution in [0.25, 0.3) is 0 Å². The van der Waals surface area contributed by atoms with Crippen LogP contribution in [0.2, 0.25) is 0 Å². The minimum Gasteiger partial charge on any atom is -0.331 e. The van der Waals surface area contributed by atoms with Gasteiger partial charge in [0.15, 0.2) is 0 Å². The van der Waals surface area contributed by atoms with Crippen LogP contribution in [0, 0.1) is 0 Å². The molecule has 0 radical (unpaired) electrons. The van der Waals surface area contributed by atoms with Crippen molar-refractivity contribution < 1.29 is 4.79 Å². The van der Waals surface area contributed by atoms with E-state index in [1.54, 1.807) is 0 Å². The molecule has 0 spiro atoms. The van der Waals surface area contributed by atoms with Crippen molar-refractivity contribution >= 4 is 17.5 Å². The van der Waals surface area contributed by atoms with Gasteiger partial charge in [0.2, 0.25) is 0 Å². The van der Waals surface area contributed by atoms with Crippen molar-refractivity contribution in [1.82, 2.24) is 4.90 Å². The molecule has 0 aliphatic heterocycles. The first-order valence-corrected chi connectivity index (χ1v) is 7.81. The first kappa shape index (κ1) is 14.2. The summed E-state index contributed by atoms with van der Waals surface area (Å²) in [5, 5.41) is 0. The third-order valence-electron chi connectivity index (χ3n) is 3.80. The molecule has 1 amide bonds. The van der Waals surface area contributed by atoms with Gasteiger partial charge < -0.3 is 4.90 Å². The third-order valence-corrected chi connectivity index (χ3v) is 4.11. The van der Waals surface area contributed by atoms with Gasteiger partial charge >= 0.3 is 0 Å². The first-order chi connectivity index (χ1) is 10.3. The van der Waals surface area contributed by atoms with Crippen molar-refractivity contribution in [3.05, 3.63) is 71.3 Å². The molecule has 0 atom stereocenters. The molecule has 1 saturated carbocycles. The summed E-state index contributed by atoms with van der Waals surface area (Å²) in [6.45, 7) is 0.682. The van der Waals surface area contributed by atoms with Crippen molar-refractivity contribution in [1.29, 1.82) is 0 Å². The number of alkyl halides is 1. The highest BCUT2D eigenvalue weighted by Gasteiger charge is 2.32. The Hall–Kier alpha value is -1.80. The van der Waals surface area contributed by atoms with Crippen LogP contribution in [0.5, 0.6) is 0 Å². The van der Waals surface area contributed by atoms with Crippen molar-refractivity contribution in [2.45, 2.75) is 31.3 Å². The third kappa shape index (κ3) is 3.45. The Morgan fingerprint density at radius 2 is 1.67 bits per heavy atom. The monoisotopic (exact) mass is 299 g/mol. The minimum atomic E-state index is 0.113. The van der Waals surface area contributed by atoms with E-state index < -0.39 is 0 Å². The summed E-state index contributed by atoms with van der Waals surface area (Å²) in [4.78, 5) is 14.7. The fraction of sp³-hybridized carbons (Fsp3) is 0.278. The van der Waals surface area contributed by atoms with Gasteiger partial charge in [0, 0.05) is 24.0 Å². The molecule has 3 rings (SSSR count). The molecule has 1 aliphatic carbocycles. The molecule has 3 heteroatoms. The number of halogens is 1. The van der Waals surface area contributed by atoms with Gasteiger partial charge in [-0.1, -0.05) is 42.5 Å². The van der Waals surface area contributed by atoms with Gasteiger partial charge in [-0.2, -0.15) is 0 Å². The van der Waals surface area contributed by atoms with Crippen molar-refractivity contribution in [2.24, 2.45) is 0 Å². The van der Waals surface area contributed by atoms with E-state index in [2.05, 4.69) is 12.1 Å². The van der Waals surface area contributed by atoms with E-state index in [-0.39, 0.29) is 5.91 Å². The number of nitrogens with zero attached hydrogens (tertiary/aromatic N) is 1. The topological polar surface area (TPSA) is 20.3 Å². The zero-order valence-corrected chi connectivity index (χ0v) is 12.6. The minimum absolute atomic E-state index is 0.113. The van der Waals surface area contributed by atoms with E-state index in [1.807, 2.05) is 47.4 Å². The van der Waals surface area contributed by atoms with Gasteiger partial charge in [-0.05, 0) is 36.1 Å². The van der Waals surface area contributed by atoms with Crippen LogP contribution in [0.1, 0.15) is 34.3 Å². The second-order valence-corrected chi connectivity index (χ2v) is 5.75. The Kier molecular flexibility index (Phi) is 4.26. The number of carbonyl (C=O) groups excluding carboxylic acids is 1. The molecule has 2 aromatic carbocycles. The summed E-state index contributed by atoms with van der Waals surface area (Å²) >= 11 is 5.79. The zero-order chi connectivity index (χ0) is 14.7. The van der Waals surface area contributed by atoms with Crippen molar-refractivity contribution in [3.8, 4) is 0 Å². The van der Waals surface area contributed by atoms with E-state index in [0.717, 1.165) is 24.0 Å². The van der Waals surface area contributed by atoms with Crippen LogP contribution in [0.4, 0.5) is 0 Å². The van der Waals surface area contributed by atoms with E-state index in [4.69, 9.17) is 11.6 Å². The molecular formula is C18H18ClNO. The second-order valence-electron chi connectivity index (χ2n) is 5.48. The Morgan fingerprint density at radius 1 is 1.00 bits per heavy atom. The number of benzene rings is 2. The summed E-state index contributed by atoms with van der Waals surface area (Å²) in [5.74, 6) is 0.590. The van der Waals surface area contributed by atoms with E-state index in [1.165, 1.54) is 5.56 Å². The van der Waals surface area contributed by atoms with E-state index in [9.17, 15) is 4.79 Å². The van der Waals surface area contributed by atoms with Gasteiger partial charge in [0.1, 0.15) is 0 Å². The molecule has 1 aliphatic rings. The fourth-order valence-electron chi connectivity index (χ4n) is 2.44. The summed E-state index contributed by atoms with van der Waals surface area (Å²) in [7, 11) is 0. The van der Waals surface area contributed by atoms with Crippen molar-refractivity contribution in [3.63, 3.8) is 0 Å². The molecule has 2 nitrogen and oxygen atoms in total. The Morgan fingerprint density at radius 3 is 2.24 bits per heavy atom. The molecule has 0 aromatic heterocycles. The molecule has 21 heavy (non-hydrogen) atoms. The summed E-state index contributed by atoms with van der Waals surface area (Å²) in [5.41, 5.74) is 2.95. The lowest BCUT2D eigenvalue weighted by Gasteiger charge is -2.22. The van der Waals surface area contributed by atoms with E-state index >= 15 is 0 Å². The maximum atomic E-state index is 12.7. The average Bonchev–Trinajstić information content (AvgIpc) is 3.38. The Labute approximate surface area is 130 Å². The molecule has 0 N–H and O–H groups in total. The number of hydrogen-bond acceptors (Lipinski definition) is 1. The smallest absolute Gasteiger partial charge is 0.254 e. The fourth-order valence-corrected chi connectivity index (χ4v) is 2.61. The number of rotatable bonds is 5. The van der Waals surface area contributed by atoms with Gasteiger partial charge in [-0.15, -0.1) is 11.6 Å². The highest BCUT2D eigenvalue weighted by molar-refractivity contribution is 6.17. The zero-order valence-electron chi connectivity index (χ0n) is 11.8. The Balaban J connectivity index is 1.78. The molecule has 108 valence electrons. The lowest BCUT2D eigenvalue weighted by atomic mass is 10.1. The predicted molar refractivity (Wildman–Crippen MR) is 85.3 cm³/mol. The van der Waals surface area contributed by atoms with Crippen LogP contribution in [-0.2, 0) is 12.4 Å². The molecule has 0 heterocycles. The van der Waals surface area contributed by atoms with E-state index in [0.29, 0.717) is 18.5 Å². The van der Waals surface area contributed by atoms with Crippen LogP contribution >= 0.6 is 11.6 Å². The molecule has 0 unspecified atom stereocenters. The van der Waals surface area contributed by atoms with Gasteiger partial charge in [0.25, 0.3) is 5.91 Å². The van der Waals surface area contributed by atoms with Crippen LogP contribution in [0.15, 0.2) is 54.6 Å². The van der Waals surface area contributed by atoms with Gasteiger partial charge in [-0.25, -0.2) is 0 Å². The van der Waals surface area contributed by atoms with Crippen LogP contribution in [-0.4, -0.2) is 16.8 Å². The first-order valence-electron chi connectivity index (χ1n) is 7.28. The van der Waals surface area contributed by atoms with Crippen molar-refractivity contribution in [2.75, 3.05) is 0 Å². The number of hydrogen-bond donors (Lipinski definition) is 0. The molecule has 2 aromatic rings. The van der Waals surface area contributed by atoms with Gasteiger partial charge in [-0.3, -0.25) is 4.79 Å². The maximum absolute atomic E-state index is 12.7. The highest BCUT2D eigenvalue weighted by atomic mass is 35.5. The second kappa shape index (κ2) is 6.31. The number of amides is 1. The standard InChI is InChI=1S/C18H18ClNO/c19-12-14-6-8-16(9-7-14)18(21)20(17-10-11-17)13-15-4-2-1-3-5-15/h1-9,17H,10-13H2. The molecule has 0 bridgehead atoms. The lowest BCUT2D eigenvalue weighted by Crippen LogP contribution is -2.32. The van der Waals surface area contributed by atoms with Crippen LogP contribution in [0.3, 0.4) is 0 Å². The summed E-state index contributed by atoms with van der Waals surface area (Å²) < 4.78 is 0. The van der Waals surface area contributed by atoms with Crippen LogP contribution < -0.4 is 0 Å². The normalized spacial score (nSPS) is 14.0. The highest BCUT2D eigenvalue weighted by Crippen LogP contribution is 2.30. The average molecular weight is 300 g/mol. The van der Waals surface area contributed by atoms with Gasteiger partial charge in [0.05, 0.1) is 0 Å². The number of carbonyl (C=O) groups is 1. The molecule has 1 fully saturated rings. The predicted octanol–water partition coefficient (Wildman–Crippen LogP) is 4.23. The lowest BCUT2D eigenvalue weighted by molar-refractivity contribution is 0.0730. The molecule has 0 saturated heterocycles. The summed E-state index contributed by atoms with van der Waals surface area (Å²) in [6, 6.07) is 18.2. The SMILES string of the molecule is O=C(c1ccc(CCl)cc1)N(Cc1ccccc1)C1CC1. The summed E-state index contributed by atoms with van der Waals surface area (Å²) in [6.07, 6.45) is 2.22. The largest absolute Gasteiger partial charge is 0.331 e. The molecular weight excluding hydrogens is 282 g/mol. The quantitative estimate of drug-likeness (QED) is 0.757.